The molecule has 0 bridgehead atoms. The van der Waals surface area contributed by atoms with Crippen LogP contribution in [0.15, 0.2) is 29.3 Å². The van der Waals surface area contributed by atoms with Crippen molar-refractivity contribution in [1.29, 1.82) is 0 Å². The summed E-state index contributed by atoms with van der Waals surface area (Å²) in [5.74, 6) is -1.84. The number of halogens is 1. The topological polar surface area (TPSA) is 101 Å². The molecule has 2 heterocycles. The number of amides is 2. The summed E-state index contributed by atoms with van der Waals surface area (Å²) in [5, 5.41) is 3.21. The van der Waals surface area contributed by atoms with Gasteiger partial charge in [0.05, 0.1) is 13.2 Å². The Morgan fingerprint density at radius 1 is 1.17 bits per heavy atom. The van der Waals surface area contributed by atoms with Gasteiger partial charge in [0.2, 0.25) is 11.9 Å². The van der Waals surface area contributed by atoms with E-state index in [1.165, 1.54) is 0 Å². The van der Waals surface area contributed by atoms with Gasteiger partial charge < -0.3 is 19.3 Å². The highest BCUT2D eigenvalue weighted by molar-refractivity contribution is 6.30. The van der Waals surface area contributed by atoms with E-state index >= 15 is 0 Å². The second kappa shape index (κ2) is 9.80. The van der Waals surface area contributed by atoms with Crippen molar-refractivity contribution in [3.63, 3.8) is 0 Å². The molecule has 1 aromatic carbocycles. The Balaban J connectivity index is 1.83. The molecule has 1 aromatic rings. The van der Waals surface area contributed by atoms with E-state index in [1.807, 2.05) is 4.90 Å². The molecule has 0 saturated carbocycles. The lowest BCUT2D eigenvalue weighted by Crippen LogP contribution is -2.58. The lowest BCUT2D eigenvalue weighted by Gasteiger charge is -2.38. The fourth-order valence-electron chi connectivity index (χ4n) is 3.47. The van der Waals surface area contributed by atoms with Crippen molar-refractivity contribution >= 4 is 35.5 Å². The van der Waals surface area contributed by atoms with Crippen LogP contribution < -0.4 is 5.32 Å². The number of nitrogens with one attached hydrogen (secondary N) is 1. The maximum absolute atomic E-state index is 12.9. The Labute approximate surface area is 180 Å². The third-order valence-electron chi connectivity index (χ3n) is 4.93. The molecule has 0 unspecified atom stereocenters. The van der Waals surface area contributed by atoms with Gasteiger partial charge in [-0.15, -0.1) is 0 Å². The van der Waals surface area contributed by atoms with Crippen LogP contribution in [0.1, 0.15) is 25.5 Å². The maximum atomic E-state index is 12.9. The van der Waals surface area contributed by atoms with Gasteiger partial charge in [0.1, 0.15) is 6.04 Å². The quantitative estimate of drug-likeness (QED) is 0.570. The molecule has 1 N–H and O–H groups in total. The third kappa shape index (κ3) is 4.84. The molecule has 9 nitrogen and oxygen atoms in total. The van der Waals surface area contributed by atoms with Crippen molar-refractivity contribution in [2.45, 2.75) is 19.9 Å². The molecule has 0 aliphatic carbocycles. The van der Waals surface area contributed by atoms with Crippen LogP contribution in [-0.4, -0.2) is 73.1 Å². The second-order valence-electron chi connectivity index (χ2n) is 6.84. The van der Waals surface area contributed by atoms with Gasteiger partial charge in [0.15, 0.2) is 5.92 Å². The van der Waals surface area contributed by atoms with Crippen LogP contribution in [0.5, 0.6) is 0 Å². The zero-order valence-electron chi connectivity index (χ0n) is 17.0. The smallest absolute Gasteiger partial charge is 0.409 e. The van der Waals surface area contributed by atoms with Crippen LogP contribution in [0.3, 0.4) is 0 Å². The minimum atomic E-state index is -1.10. The lowest BCUT2D eigenvalue weighted by molar-refractivity contribution is -0.153. The number of esters is 1. The highest BCUT2D eigenvalue weighted by Crippen LogP contribution is 2.32. The summed E-state index contributed by atoms with van der Waals surface area (Å²) in [6.07, 6.45) is -0.356. The van der Waals surface area contributed by atoms with Crippen molar-refractivity contribution in [3.8, 4) is 0 Å². The molecule has 162 valence electrons. The summed E-state index contributed by atoms with van der Waals surface area (Å²) in [6, 6.07) is 6.18. The molecule has 0 aromatic heterocycles. The summed E-state index contributed by atoms with van der Waals surface area (Å²) in [6.45, 7) is 5.76. The molecule has 2 aliphatic rings. The molecule has 0 radical (unpaired) electrons. The number of carbonyl (C=O) groups is 3. The standard InChI is InChI=1S/C20H25ClN4O5/c1-3-29-18(27)15-16(13-6-5-7-14(21)12-13)22-19(23-17(15)26)24-8-10-25(11-9-24)20(28)30-4-2/h5-7,12,15-16H,3-4,8-11H2,1-2H3,(H,22,23,26)/t15-,16+/m0/s1. The molecular formula is C20H25ClN4O5. The van der Waals surface area contributed by atoms with E-state index < -0.39 is 23.8 Å². The Morgan fingerprint density at radius 3 is 2.50 bits per heavy atom. The van der Waals surface area contributed by atoms with E-state index in [-0.39, 0.29) is 12.7 Å². The SMILES string of the molecule is CCOC(=O)[C@@H]1C(=O)NC(N2CCN(C(=O)OCC)CC2)=N[C@@H]1c1cccc(Cl)c1. The number of rotatable bonds is 4. The predicted molar refractivity (Wildman–Crippen MR) is 110 cm³/mol. The molecule has 30 heavy (non-hydrogen) atoms. The van der Waals surface area contributed by atoms with Gasteiger partial charge in [-0.1, -0.05) is 23.7 Å². The summed E-state index contributed by atoms with van der Waals surface area (Å²) in [4.78, 5) is 45.4. The number of hydrogen-bond acceptors (Lipinski definition) is 7. The molecule has 10 heteroatoms. The monoisotopic (exact) mass is 436 g/mol. The average Bonchev–Trinajstić information content (AvgIpc) is 2.73. The number of benzene rings is 1. The first kappa shape index (κ1) is 21.9. The van der Waals surface area contributed by atoms with Gasteiger partial charge in [0, 0.05) is 31.2 Å². The van der Waals surface area contributed by atoms with Gasteiger partial charge in [0.25, 0.3) is 0 Å². The van der Waals surface area contributed by atoms with Crippen LogP contribution in [0.25, 0.3) is 0 Å². The molecule has 1 fully saturated rings. The number of ether oxygens (including phenoxy) is 2. The van der Waals surface area contributed by atoms with Gasteiger partial charge in [-0.05, 0) is 31.5 Å². The molecule has 2 aliphatic heterocycles. The van der Waals surface area contributed by atoms with E-state index in [0.717, 1.165) is 0 Å². The molecule has 1 saturated heterocycles. The van der Waals surface area contributed by atoms with Crippen molar-refractivity contribution in [2.75, 3.05) is 39.4 Å². The lowest BCUT2D eigenvalue weighted by atomic mass is 9.91. The van der Waals surface area contributed by atoms with E-state index in [9.17, 15) is 14.4 Å². The minimum Gasteiger partial charge on any atom is -0.465 e. The first-order chi connectivity index (χ1) is 14.4. The zero-order valence-corrected chi connectivity index (χ0v) is 17.7. The Morgan fingerprint density at radius 2 is 1.87 bits per heavy atom. The van der Waals surface area contributed by atoms with Crippen LogP contribution in [0, 0.1) is 5.92 Å². The van der Waals surface area contributed by atoms with Crippen molar-refractivity contribution in [3.05, 3.63) is 34.9 Å². The normalized spacial score (nSPS) is 21.6. The number of nitrogens with zero attached hydrogens (tertiary/aromatic N) is 3. The van der Waals surface area contributed by atoms with Crippen LogP contribution in [-0.2, 0) is 19.1 Å². The second-order valence-corrected chi connectivity index (χ2v) is 7.28. The van der Waals surface area contributed by atoms with Crippen LogP contribution in [0.4, 0.5) is 4.79 Å². The molecular weight excluding hydrogens is 412 g/mol. The van der Waals surface area contributed by atoms with Crippen molar-refractivity contribution in [2.24, 2.45) is 10.9 Å². The summed E-state index contributed by atoms with van der Waals surface area (Å²) < 4.78 is 10.1. The number of piperazine rings is 1. The summed E-state index contributed by atoms with van der Waals surface area (Å²) in [7, 11) is 0. The Hall–Kier alpha value is -2.81. The predicted octanol–water partition coefficient (Wildman–Crippen LogP) is 1.82. The Kier molecular flexibility index (Phi) is 7.15. The van der Waals surface area contributed by atoms with E-state index in [0.29, 0.717) is 49.3 Å². The minimum absolute atomic E-state index is 0.164. The fraction of sp³-hybridized carbons (Fsp3) is 0.500. The summed E-state index contributed by atoms with van der Waals surface area (Å²) in [5.41, 5.74) is 0.651. The summed E-state index contributed by atoms with van der Waals surface area (Å²) >= 11 is 6.12. The molecule has 2 amide bonds. The Bertz CT molecular complexity index is 838. The largest absolute Gasteiger partial charge is 0.465 e. The molecule has 2 atom stereocenters. The maximum Gasteiger partial charge on any atom is 0.409 e. The third-order valence-corrected chi connectivity index (χ3v) is 5.17. The average molecular weight is 437 g/mol. The number of guanidine groups is 1. The van der Waals surface area contributed by atoms with Crippen molar-refractivity contribution in [1.82, 2.24) is 15.1 Å². The van der Waals surface area contributed by atoms with E-state index in [1.54, 1.807) is 43.0 Å². The van der Waals surface area contributed by atoms with E-state index in [2.05, 4.69) is 10.3 Å². The number of aliphatic imine (C=N–C) groups is 1. The molecule has 0 spiro atoms. The number of carbonyl (C=O) groups excluding carboxylic acids is 3. The van der Waals surface area contributed by atoms with Gasteiger partial charge >= 0.3 is 12.1 Å². The van der Waals surface area contributed by atoms with E-state index in [4.69, 9.17) is 21.1 Å². The van der Waals surface area contributed by atoms with Crippen LogP contribution in [0.2, 0.25) is 5.02 Å². The zero-order chi connectivity index (χ0) is 21.7. The number of hydrogen-bond donors (Lipinski definition) is 1. The van der Waals surface area contributed by atoms with Crippen LogP contribution >= 0.6 is 11.6 Å². The van der Waals surface area contributed by atoms with Gasteiger partial charge in [-0.3, -0.25) is 14.9 Å². The van der Waals surface area contributed by atoms with Gasteiger partial charge in [-0.25, -0.2) is 9.79 Å². The fourth-order valence-corrected chi connectivity index (χ4v) is 3.67. The van der Waals surface area contributed by atoms with Crippen molar-refractivity contribution < 1.29 is 23.9 Å². The highest BCUT2D eigenvalue weighted by atomic mass is 35.5. The molecule has 3 rings (SSSR count). The highest BCUT2D eigenvalue weighted by Gasteiger charge is 2.42. The first-order valence-corrected chi connectivity index (χ1v) is 10.3. The van der Waals surface area contributed by atoms with Gasteiger partial charge in [-0.2, -0.15) is 0 Å². The first-order valence-electron chi connectivity index (χ1n) is 9.92.